The van der Waals surface area contributed by atoms with Gasteiger partial charge in [0.25, 0.3) is 0 Å². The van der Waals surface area contributed by atoms with E-state index in [-0.39, 0.29) is 0 Å². The van der Waals surface area contributed by atoms with Crippen molar-refractivity contribution in [2.24, 2.45) is 0 Å². The number of thioether (sulfide) groups is 1. The molecular weight excluding hydrogens is 262 g/mol. The van der Waals surface area contributed by atoms with Gasteiger partial charge in [0.15, 0.2) is 5.82 Å². The molecule has 0 spiro atoms. The van der Waals surface area contributed by atoms with Crippen molar-refractivity contribution in [2.45, 2.75) is 44.0 Å². The van der Waals surface area contributed by atoms with Crippen molar-refractivity contribution in [3.63, 3.8) is 0 Å². The second-order valence-corrected chi connectivity index (χ2v) is 6.22. The first-order chi connectivity index (χ1) is 9.36. The van der Waals surface area contributed by atoms with E-state index in [0.29, 0.717) is 24.4 Å². The van der Waals surface area contributed by atoms with Crippen molar-refractivity contribution in [1.29, 1.82) is 0 Å². The standard InChI is InChI=1S/C12H23N5OS/c1-3-19-11-6-4-5-10(11)17-12(14-15-16-17)9-13-7-8-18-2/h10-11,13H,3-9H2,1-2H3. The molecule has 1 saturated carbocycles. The number of hydrogen-bond acceptors (Lipinski definition) is 6. The van der Waals surface area contributed by atoms with Crippen molar-refractivity contribution in [3.05, 3.63) is 5.82 Å². The van der Waals surface area contributed by atoms with Gasteiger partial charge in [0.05, 0.1) is 19.2 Å². The van der Waals surface area contributed by atoms with E-state index >= 15 is 0 Å². The highest BCUT2D eigenvalue weighted by atomic mass is 32.2. The molecule has 0 bridgehead atoms. The predicted molar refractivity (Wildman–Crippen MR) is 76.2 cm³/mol. The van der Waals surface area contributed by atoms with E-state index in [9.17, 15) is 0 Å². The lowest BCUT2D eigenvalue weighted by Gasteiger charge is -2.19. The summed E-state index contributed by atoms with van der Waals surface area (Å²) in [6.07, 6.45) is 3.74. The maximum atomic E-state index is 5.02. The molecule has 0 amide bonds. The maximum Gasteiger partial charge on any atom is 0.165 e. The van der Waals surface area contributed by atoms with E-state index < -0.39 is 0 Å². The van der Waals surface area contributed by atoms with Gasteiger partial charge < -0.3 is 10.1 Å². The number of rotatable bonds is 8. The molecule has 1 aromatic heterocycles. The first kappa shape index (κ1) is 14.7. The minimum Gasteiger partial charge on any atom is -0.383 e. The molecule has 0 saturated heterocycles. The van der Waals surface area contributed by atoms with E-state index in [4.69, 9.17) is 4.74 Å². The molecule has 1 fully saturated rings. The van der Waals surface area contributed by atoms with Crippen LogP contribution < -0.4 is 5.32 Å². The van der Waals surface area contributed by atoms with Gasteiger partial charge in [-0.2, -0.15) is 11.8 Å². The molecule has 7 heteroatoms. The second-order valence-electron chi connectivity index (χ2n) is 4.70. The van der Waals surface area contributed by atoms with Crippen LogP contribution in [0, 0.1) is 0 Å². The van der Waals surface area contributed by atoms with Gasteiger partial charge >= 0.3 is 0 Å². The normalized spacial score (nSPS) is 23.1. The fourth-order valence-corrected chi connectivity index (χ4v) is 3.79. The zero-order valence-electron chi connectivity index (χ0n) is 11.7. The molecule has 2 rings (SSSR count). The van der Waals surface area contributed by atoms with Crippen LogP contribution >= 0.6 is 11.8 Å². The molecule has 108 valence electrons. The van der Waals surface area contributed by atoms with Gasteiger partial charge in [-0.05, 0) is 29.0 Å². The predicted octanol–water partition coefficient (Wildman–Crippen LogP) is 1.26. The quantitative estimate of drug-likeness (QED) is 0.725. The average Bonchev–Trinajstić information content (AvgIpc) is 3.03. The van der Waals surface area contributed by atoms with Crippen LogP contribution in [0.25, 0.3) is 0 Å². The minimum absolute atomic E-state index is 0.458. The van der Waals surface area contributed by atoms with Crippen molar-refractivity contribution < 1.29 is 4.74 Å². The molecule has 0 radical (unpaired) electrons. The van der Waals surface area contributed by atoms with Crippen LogP contribution in [0.2, 0.25) is 0 Å². The topological polar surface area (TPSA) is 64.9 Å². The summed E-state index contributed by atoms with van der Waals surface area (Å²) in [4.78, 5) is 0. The van der Waals surface area contributed by atoms with Crippen LogP contribution in [-0.2, 0) is 11.3 Å². The molecule has 0 aromatic carbocycles. The molecule has 1 N–H and O–H groups in total. The van der Waals surface area contributed by atoms with E-state index in [0.717, 1.165) is 18.1 Å². The Morgan fingerprint density at radius 1 is 1.47 bits per heavy atom. The summed E-state index contributed by atoms with van der Waals surface area (Å²) in [6, 6.07) is 0.458. The number of nitrogens with zero attached hydrogens (tertiary/aromatic N) is 4. The summed E-state index contributed by atoms with van der Waals surface area (Å²) in [5, 5.41) is 16.1. The summed E-state index contributed by atoms with van der Waals surface area (Å²) in [7, 11) is 1.71. The second kappa shape index (κ2) is 7.81. The van der Waals surface area contributed by atoms with Gasteiger partial charge in [-0.3, -0.25) is 0 Å². The molecule has 0 aliphatic heterocycles. The Kier molecular flexibility index (Phi) is 6.06. The van der Waals surface area contributed by atoms with Crippen LogP contribution in [-0.4, -0.2) is 51.5 Å². The van der Waals surface area contributed by atoms with Gasteiger partial charge in [-0.15, -0.1) is 5.10 Å². The molecule has 1 heterocycles. The lowest BCUT2D eigenvalue weighted by molar-refractivity contribution is 0.198. The molecule has 6 nitrogen and oxygen atoms in total. The molecular formula is C12H23N5OS. The van der Waals surface area contributed by atoms with E-state index in [1.54, 1.807) is 7.11 Å². The number of ether oxygens (including phenoxy) is 1. The third kappa shape index (κ3) is 3.90. The van der Waals surface area contributed by atoms with Crippen molar-refractivity contribution >= 4 is 11.8 Å². The molecule has 1 aromatic rings. The third-order valence-electron chi connectivity index (χ3n) is 3.44. The summed E-state index contributed by atoms with van der Waals surface area (Å²) in [5.41, 5.74) is 0. The fraction of sp³-hybridized carbons (Fsp3) is 0.917. The highest BCUT2D eigenvalue weighted by molar-refractivity contribution is 7.99. The summed E-state index contributed by atoms with van der Waals surface area (Å²) >= 11 is 2.03. The summed E-state index contributed by atoms with van der Waals surface area (Å²) in [6.45, 7) is 4.45. The van der Waals surface area contributed by atoms with Gasteiger partial charge in [0.2, 0.25) is 0 Å². The van der Waals surface area contributed by atoms with Crippen molar-refractivity contribution in [1.82, 2.24) is 25.5 Å². The van der Waals surface area contributed by atoms with E-state index in [1.165, 1.54) is 19.3 Å². The summed E-state index contributed by atoms with van der Waals surface area (Å²) in [5.74, 6) is 2.09. The average molecular weight is 285 g/mol. The Morgan fingerprint density at radius 3 is 3.16 bits per heavy atom. The van der Waals surface area contributed by atoms with Crippen LogP contribution in [0.15, 0.2) is 0 Å². The van der Waals surface area contributed by atoms with E-state index in [2.05, 4.69) is 27.8 Å². The highest BCUT2D eigenvalue weighted by Gasteiger charge is 2.31. The van der Waals surface area contributed by atoms with Crippen LogP contribution in [0.1, 0.15) is 38.1 Å². The third-order valence-corrected chi connectivity index (χ3v) is 4.75. The SMILES string of the molecule is CCSC1CCCC1n1nnnc1CNCCOC. The smallest absolute Gasteiger partial charge is 0.165 e. The summed E-state index contributed by atoms with van der Waals surface area (Å²) < 4.78 is 7.04. The number of aromatic nitrogens is 4. The lowest BCUT2D eigenvalue weighted by atomic mass is 10.2. The minimum atomic E-state index is 0.458. The van der Waals surface area contributed by atoms with Crippen LogP contribution in [0.4, 0.5) is 0 Å². The van der Waals surface area contributed by atoms with E-state index in [1.807, 2.05) is 16.4 Å². The van der Waals surface area contributed by atoms with Crippen LogP contribution in [0.5, 0.6) is 0 Å². The molecule has 19 heavy (non-hydrogen) atoms. The van der Waals surface area contributed by atoms with Gasteiger partial charge in [0, 0.05) is 18.9 Å². The molecule has 2 atom stereocenters. The van der Waals surface area contributed by atoms with Crippen LogP contribution in [0.3, 0.4) is 0 Å². The number of methoxy groups -OCH3 is 1. The Labute approximate surface area is 118 Å². The zero-order valence-corrected chi connectivity index (χ0v) is 12.5. The first-order valence-electron chi connectivity index (χ1n) is 6.94. The van der Waals surface area contributed by atoms with Crippen molar-refractivity contribution in [3.8, 4) is 0 Å². The lowest BCUT2D eigenvalue weighted by Crippen LogP contribution is -2.25. The fourth-order valence-electron chi connectivity index (χ4n) is 2.56. The Bertz CT molecular complexity index is 373. The Hall–Kier alpha value is -0.660. The van der Waals surface area contributed by atoms with Crippen molar-refractivity contribution in [2.75, 3.05) is 26.0 Å². The molecule has 1 aliphatic carbocycles. The Balaban J connectivity index is 1.94. The maximum absolute atomic E-state index is 5.02. The first-order valence-corrected chi connectivity index (χ1v) is 7.99. The molecule has 2 unspecified atom stereocenters. The highest BCUT2D eigenvalue weighted by Crippen LogP contribution is 2.38. The molecule has 1 aliphatic rings. The van der Waals surface area contributed by atoms with Gasteiger partial charge in [0.1, 0.15) is 0 Å². The number of nitrogens with one attached hydrogen (secondary N) is 1. The van der Waals surface area contributed by atoms with Gasteiger partial charge in [-0.25, -0.2) is 4.68 Å². The number of tetrazole rings is 1. The monoisotopic (exact) mass is 285 g/mol. The number of hydrogen-bond donors (Lipinski definition) is 1. The largest absolute Gasteiger partial charge is 0.383 e. The zero-order chi connectivity index (χ0) is 13.5. The Morgan fingerprint density at radius 2 is 2.37 bits per heavy atom. The van der Waals surface area contributed by atoms with Gasteiger partial charge in [-0.1, -0.05) is 13.3 Å².